The number of nitrogens with zero attached hydrogens (tertiary/aromatic N) is 1. The molecule has 1 aliphatic heterocycles. The summed E-state index contributed by atoms with van der Waals surface area (Å²) in [4.78, 5) is 2.44. The number of hydrogen-bond donors (Lipinski definition) is 1. The molecule has 0 radical (unpaired) electrons. The van der Waals surface area contributed by atoms with Crippen LogP contribution in [0.5, 0.6) is 5.75 Å². The van der Waals surface area contributed by atoms with Crippen LogP contribution in [0.3, 0.4) is 0 Å². The van der Waals surface area contributed by atoms with Crippen molar-refractivity contribution in [2.75, 3.05) is 39.3 Å². The summed E-state index contributed by atoms with van der Waals surface area (Å²) in [7, 11) is 0. The highest BCUT2D eigenvalue weighted by Crippen LogP contribution is 2.10. The third kappa shape index (κ3) is 4.51. The summed E-state index contributed by atoms with van der Waals surface area (Å²) in [6, 6.07) is 8.17. The van der Waals surface area contributed by atoms with Gasteiger partial charge in [-0.3, -0.25) is 4.90 Å². The zero-order valence-electron chi connectivity index (χ0n) is 11.1. The predicted molar refractivity (Wildman–Crippen MR) is 75.1 cm³/mol. The fourth-order valence-corrected chi connectivity index (χ4v) is 1.96. The first-order valence-electron chi connectivity index (χ1n) is 6.62. The monoisotopic (exact) mass is 246 g/mol. The second kappa shape index (κ2) is 7.19. The highest BCUT2D eigenvalue weighted by Gasteiger charge is 2.06. The fraction of sp³-hybridized carbons (Fsp3) is 0.467. The molecule has 98 valence electrons. The summed E-state index contributed by atoms with van der Waals surface area (Å²) in [6.45, 7) is 8.25. The second-order valence-electron chi connectivity index (χ2n) is 4.65. The van der Waals surface area contributed by atoms with Crippen molar-refractivity contribution in [1.29, 1.82) is 0 Å². The van der Waals surface area contributed by atoms with Gasteiger partial charge in [-0.15, -0.1) is 0 Å². The van der Waals surface area contributed by atoms with Crippen molar-refractivity contribution in [3.63, 3.8) is 0 Å². The van der Waals surface area contributed by atoms with E-state index in [0.29, 0.717) is 6.61 Å². The smallest absolute Gasteiger partial charge is 0.119 e. The number of rotatable bonds is 5. The van der Waals surface area contributed by atoms with E-state index in [-0.39, 0.29) is 0 Å². The third-order valence-electron chi connectivity index (χ3n) is 3.11. The molecule has 0 bridgehead atoms. The zero-order valence-corrected chi connectivity index (χ0v) is 11.1. The third-order valence-corrected chi connectivity index (χ3v) is 3.11. The number of benzene rings is 1. The van der Waals surface area contributed by atoms with Crippen LogP contribution in [0.2, 0.25) is 0 Å². The quantitative estimate of drug-likeness (QED) is 0.802. The molecule has 0 aromatic heterocycles. The largest absolute Gasteiger partial charge is 0.490 e. The van der Waals surface area contributed by atoms with Crippen molar-refractivity contribution < 1.29 is 4.74 Å². The van der Waals surface area contributed by atoms with Crippen LogP contribution < -0.4 is 10.1 Å². The first-order valence-corrected chi connectivity index (χ1v) is 6.62. The number of ether oxygens (including phenoxy) is 1. The summed E-state index contributed by atoms with van der Waals surface area (Å²) < 4.78 is 5.63. The van der Waals surface area contributed by atoms with E-state index in [1.807, 2.05) is 12.1 Å². The van der Waals surface area contributed by atoms with E-state index in [4.69, 9.17) is 4.74 Å². The molecule has 1 heterocycles. The fourth-order valence-electron chi connectivity index (χ4n) is 1.96. The zero-order chi connectivity index (χ0) is 12.6. The summed E-state index contributed by atoms with van der Waals surface area (Å²) >= 11 is 0. The maximum absolute atomic E-state index is 5.63. The average molecular weight is 246 g/mol. The molecular formula is C15H22N2O. The Morgan fingerprint density at radius 3 is 2.61 bits per heavy atom. The highest BCUT2D eigenvalue weighted by molar-refractivity contribution is 5.26. The molecule has 0 atom stereocenters. The minimum Gasteiger partial charge on any atom is -0.490 e. The molecule has 1 saturated heterocycles. The van der Waals surface area contributed by atoms with Crippen LogP contribution in [0.25, 0.3) is 0 Å². The van der Waals surface area contributed by atoms with E-state index in [2.05, 4.69) is 41.4 Å². The number of piperazine rings is 1. The minimum atomic E-state index is 0.648. The van der Waals surface area contributed by atoms with Crippen LogP contribution in [0.4, 0.5) is 0 Å². The van der Waals surface area contributed by atoms with Crippen molar-refractivity contribution in [3.8, 4) is 5.75 Å². The van der Waals surface area contributed by atoms with Crippen molar-refractivity contribution >= 4 is 0 Å². The Hall–Kier alpha value is -1.32. The first kappa shape index (κ1) is 13.1. The average Bonchev–Trinajstić information content (AvgIpc) is 2.42. The van der Waals surface area contributed by atoms with Crippen molar-refractivity contribution in [2.45, 2.75) is 6.92 Å². The maximum Gasteiger partial charge on any atom is 0.119 e. The van der Waals surface area contributed by atoms with E-state index in [0.717, 1.165) is 38.5 Å². The molecule has 3 nitrogen and oxygen atoms in total. The normalized spacial score (nSPS) is 17.2. The SMILES string of the molecule is Cc1ccc(OCC=CCN2CCNCC2)cc1. The molecule has 3 heteroatoms. The lowest BCUT2D eigenvalue weighted by Crippen LogP contribution is -2.43. The van der Waals surface area contributed by atoms with Crippen molar-refractivity contribution in [1.82, 2.24) is 10.2 Å². The van der Waals surface area contributed by atoms with Crippen LogP contribution in [-0.2, 0) is 0 Å². The van der Waals surface area contributed by atoms with Crippen LogP contribution in [-0.4, -0.2) is 44.2 Å². The van der Waals surface area contributed by atoms with Gasteiger partial charge >= 0.3 is 0 Å². The predicted octanol–water partition coefficient (Wildman–Crippen LogP) is 1.84. The Morgan fingerprint density at radius 1 is 1.17 bits per heavy atom. The van der Waals surface area contributed by atoms with Gasteiger partial charge < -0.3 is 10.1 Å². The number of nitrogens with one attached hydrogen (secondary N) is 1. The Balaban J connectivity index is 1.63. The summed E-state index contributed by atoms with van der Waals surface area (Å²) in [5, 5.41) is 3.35. The first-order chi connectivity index (χ1) is 8.84. The van der Waals surface area contributed by atoms with E-state index in [1.165, 1.54) is 5.56 Å². The standard InChI is InChI=1S/C15H22N2O/c1-14-4-6-15(7-5-14)18-13-3-2-10-17-11-8-16-9-12-17/h2-7,16H,8-13H2,1H3. The van der Waals surface area contributed by atoms with Crippen LogP contribution in [0.15, 0.2) is 36.4 Å². The number of hydrogen-bond acceptors (Lipinski definition) is 3. The van der Waals surface area contributed by atoms with Gasteiger partial charge in [-0.2, -0.15) is 0 Å². The van der Waals surface area contributed by atoms with Crippen molar-refractivity contribution in [2.24, 2.45) is 0 Å². The second-order valence-corrected chi connectivity index (χ2v) is 4.65. The van der Waals surface area contributed by atoms with Gasteiger partial charge in [0.2, 0.25) is 0 Å². The lowest BCUT2D eigenvalue weighted by Gasteiger charge is -2.25. The molecule has 0 saturated carbocycles. The van der Waals surface area contributed by atoms with Gasteiger partial charge in [0.05, 0.1) is 0 Å². The van der Waals surface area contributed by atoms with Gasteiger partial charge in [-0.05, 0) is 19.1 Å². The Morgan fingerprint density at radius 2 is 1.89 bits per heavy atom. The van der Waals surface area contributed by atoms with Gasteiger partial charge in [0.1, 0.15) is 12.4 Å². The molecule has 0 aliphatic carbocycles. The molecule has 1 fully saturated rings. The van der Waals surface area contributed by atoms with Gasteiger partial charge in [0, 0.05) is 32.7 Å². The molecule has 0 amide bonds. The van der Waals surface area contributed by atoms with E-state index in [1.54, 1.807) is 0 Å². The number of aryl methyl sites for hydroxylation is 1. The van der Waals surface area contributed by atoms with Crippen LogP contribution in [0, 0.1) is 6.92 Å². The molecule has 1 N–H and O–H groups in total. The minimum absolute atomic E-state index is 0.648. The molecular weight excluding hydrogens is 224 g/mol. The lowest BCUT2D eigenvalue weighted by molar-refractivity contribution is 0.264. The molecule has 1 aromatic rings. The molecule has 0 spiro atoms. The summed E-state index contributed by atoms with van der Waals surface area (Å²) in [5.74, 6) is 0.937. The van der Waals surface area contributed by atoms with Gasteiger partial charge in [-0.1, -0.05) is 29.8 Å². The van der Waals surface area contributed by atoms with Gasteiger partial charge in [0.15, 0.2) is 0 Å². The van der Waals surface area contributed by atoms with Crippen molar-refractivity contribution in [3.05, 3.63) is 42.0 Å². The molecule has 0 unspecified atom stereocenters. The Kier molecular flexibility index (Phi) is 5.24. The summed E-state index contributed by atoms with van der Waals surface area (Å²) in [5.41, 5.74) is 1.26. The Labute approximate surface area is 109 Å². The Bertz CT molecular complexity index is 367. The summed E-state index contributed by atoms with van der Waals surface area (Å²) in [6.07, 6.45) is 4.29. The topological polar surface area (TPSA) is 24.5 Å². The lowest BCUT2D eigenvalue weighted by atomic mass is 10.2. The van der Waals surface area contributed by atoms with Crippen LogP contribution in [0.1, 0.15) is 5.56 Å². The van der Waals surface area contributed by atoms with E-state index < -0.39 is 0 Å². The van der Waals surface area contributed by atoms with Gasteiger partial charge in [0.25, 0.3) is 0 Å². The van der Waals surface area contributed by atoms with E-state index in [9.17, 15) is 0 Å². The molecule has 2 rings (SSSR count). The van der Waals surface area contributed by atoms with Crippen LogP contribution >= 0.6 is 0 Å². The van der Waals surface area contributed by atoms with E-state index >= 15 is 0 Å². The molecule has 1 aliphatic rings. The molecule has 1 aromatic carbocycles. The maximum atomic E-state index is 5.63. The van der Waals surface area contributed by atoms with Gasteiger partial charge in [-0.25, -0.2) is 0 Å². The molecule has 18 heavy (non-hydrogen) atoms. The highest BCUT2D eigenvalue weighted by atomic mass is 16.5.